The monoisotopic (exact) mass is 270 g/mol. The molecule has 102 valence electrons. The lowest BCUT2D eigenvalue weighted by Gasteiger charge is -2.19. The van der Waals surface area contributed by atoms with Crippen LogP contribution in [0.1, 0.15) is 37.9 Å². The van der Waals surface area contributed by atoms with Crippen LogP contribution in [0, 0.1) is 6.92 Å². The molecule has 0 atom stereocenters. The minimum atomic E-state index is -0.394. The zero-order chi connectivity index (χ0) is 13.6. The highest BCUT2D eigenvalue weighted by Crippen LogP contribution is 2.08. The van der Waals surface area contributed by atoms with Crippen molar-refractivity contribution >= 4 is 17.3 Å². The molecule has 0 aliphatic heterocycles. The van der Waals surface area contributed by atoms with Crippen molar-refractivity contribution in [3.8, 4) is 0 Å². The number of ether oxygens (including phenoxy) is 1. The van der Waals surface area contributed by atoms with E-state index in [0.29, 0.717) is 13.0 Å². The summed E-state index contributed by atoms with van der Waals surface area (Å²) in [4.78, 5) is 15.8. The van der Waals surface area contributed by atoms with E-state index < -0.39 is 5.60 Å². The smallest absolute Gasteiger partial charge is 0.307 e. The van der Waals surface area contributed by atoms with Gasteiger partial charge in [0.2, 0.25) is 0 Å². The number of hydrogen-bond acceptors (Lipinski definition) is 5. The third kappa shape index (κ3) is 6.71. The molecule has 0 fully saturated rings. The Labute approximate surface area is 113 Å². The topological polar surface area (TPSA) is 51.2 Å². The lowest BCUT2D eigenvalue weighted by atomic mass is 10.2. The first-order valence-corrected chi connectivity index (χ1v) is 7.08. The summed E-state index contributed by atoms with van der Waals surface area (Å²) in [6.07, 6.45) is 1.31. The largest absolute Gasteiger partial charge is 0.460 e. The minimum absolute atomic E-state index is 0.153. The summed E-state index contributed by atoms with van der Waals surface area (Å²) < 4.78 is 5.22. The summed E-state index contributed by atoms with van der Waals surface area (Å²) in [5.41, 5.74) is 0.720. The highest BCUT2D eigenvalue weighted by atomic mass is 32.1. The van der Waals surface area contributed by atoms with Gasteiger partial charge in [0, 0.05) is 24.9 Å². The number of thiazole rings is 1. The van der Waals surface area contributed by atoms with E-state index in [1.54, 1.807) is 11.3 Å². The van der Waals surface area contributed by atoms with Crippen LogP contribution in [0.2, 0.25) is 0 Å². The van der Waals surface area contributed by atoms with E-state index in [1.165, 1.54) is 0 Å². The number of aromatic nitrogens is 1. The second-order valence-corrected chi connectivity index (χ2v) is 6.26. The van der Waals surface area contributed by atoms with E-state index in [-0.39, 0.29) is 5.97 Å². The predicted molar refractivity (Wildman–Crippen MR) is 73.9 cm³/mol. The van der Waals surface area contributed by atoms with Crippen LogP contribution < -0.4 is 5.32 Å². The molecular formula is C13H22N2O2S. The molecular weight excluding hydrogens is 248 g/mol. The van der Waals surface area contributed by atoms with E-state index in [4.69, 9.17) is 4.74 Å². The third-order valence-corrected chi connectivity index (χ3v) is 2.97. The average Bonchev–Trinajstić information content (AvgIpc) is 2.61. The van der Waals surface area contributed by atoms with E-state index >= 15 is 0 Å². The number of nitrogens with one attached hydrogen (secondary N) is 1. The van der Waals surface area contributed by atoms with E-state index in [2.05, 4.69) is 15.7 Å². The molecule has 0 saturated carbocycles. The molecule has 1 heterocycles. The van der Waals surface area contributed by atoms with Gasteiger partial charge in [-0.1, -0.05) is 0 Å². The van der Waals surface area contributed by atoms with Crippen LogP contribution in [0.25, 0.3) is 0 Å². The Kier molecular flexibility index (Phi) is 5.75. The van der Waals surface area contributed by atoms with Crippen molar-refractivity contribution in [2.75, 3.05) is 13.1 Å². The summed E-state index contributed by atoms with van der Waals surface area (Å²) in [6, 6.07) is 0. The molecule has 0 aliphatic rings. The van der Waals surface area contributed by atoms with Crippen LogP contribution in [-0.2, 0) is 16.0 Å². The normalized spacial score (nSPS) is 11.6. The summed E-state index contributed by atoms with van der Waals surface area (Å²) in [7, 11) is 0. The molecule has 0 amide bonds. The molecule has 0 bridgehead atoms. The van der Waals surface area contributed by atoms with Crippen molar-refractivity contribution in [2.45, 2.75) is 46.1 Å². The SMILES string of the molecule is Cc1nc(CCNCCC(=O)OC(C)(C)C)cs1. The van der Waals surface area contributed by atoms with Crippen molar-refractivity contribution in [1.82, 2.24) is 10.3 Å². The minimum Gasteiger partial charge on any atom is -0.460 e. The number of nitrogens with zero attached hydrogens (tertiary/aromatic N) is 1. The van der Waals surface area contributed by atoms with Gasteiger partial charge in [0.1, 0.15) is 5.60 Å². The standard InChI is InChI=1S/C13H22N2O2S/c1-10-15-11(9-18-10)5-7-14-8-6-12(16)17-13(2,3)4/h9,14H,5-8H2,1-4H3. The summed E-state index contributed by atoms with van der Waals surface area (Å²) >= 11 is 1.67. The van der Waals surface area contributed by atoms with Gasteiger partial charge in [0.25, 0.3) is 0 Å². The van der Waals surface area contributed by atoms with Crippen molar-refractivity contribution in [2.24, 2.45) is 0 Å². The molecule has 1 N–H and O–H groups in total. The molecule has 0 aromatic carbocycles. The quantitative estimate of drug-likeness (QED) is 0.636. The number of aryl methyl sites for hydroxylation is 1. The molecule has 18 heavy (non-hydrogen) atoms. The van der Waals surface area contributed by atoms with Crippen LogP contribution in [0.15, 0.2) is 5.38 Å². The number of hydrogen-bond donors (Lipinski definition) is 1. The van der Waals surface area contributed by atoms with Crippen molar-refractivity contribution in [1.29, 1.82) is 0 Å². The maximum atomic E-state index is 11.4. The van der Waals surface area contributed by atoms with Gasteiger partial charge in [0.15, 0.2) is 0 Å². The molecule has 0 unspecified atom stereocenters. The molecule has 0 saturated heterocycles. The summed E-state index contributed by atoms with van der Waals surface area (Å²) in [5, 5.41) is 6.39. The zero-order valence-corrected chi connectivity index (χ0v) is 12.4. The van der Waals surface area contributed by atoms with Crippen LogP contribution in [0.5, 0.6) is 0 Å². The van der Waals surface area contributed by atoms with Gasteiger partial charge in [-0.15, -0.1) is 11.3 Å². The molecule has 1 aromatic heterocycles. The fraction of sp³-hybridized carbons (Fsp3) is 0.692. The van der Waals surface area contributed by atoms with Gasteiger partial charge < -0.3 is 10.1 Å². The van der Waals surface area contributed by atoms with E-state index in [1.807, 2.05) is 27.7 Å². The Bertz CT molecular complexity index is 383. The molecule has 0 aliphatic carbocycles. The van der Waals surface area contributed by atoms with Gasteiger partial charge in [-0.25, -0.2) is 4.98 Å². The molecule has 4 nitrogen and oxygen atoms in total. The van der Waals surface area contributed by atoms with E-state index in [0.717, 1.165) is 23.7 Å². The number of esters is 1. The van der Waals surface area contributed by atoms with Crippen LogP contribution in [-0.4, -0.2) is 29.6 Å². The third-order valence-electron chi connectivity index (χ3n) is 2.15. The summed E-state index contributed by atoms with van der Waals surface area (Å²) in [6.45, 7) is 9.13. The fourth-order valence-electron chi connectivity index (χ4n) is 1.45. The Morgan fingerprint density at radius 1 is 1.44 bits per heavy atom. The van der Waals surface area contributed by atoms with Crippen LogP contribution in [0.4, 0.5) is 0 Å². The van der Waals surface area contributed by atoms with Gasteiger partial charge >= 0.3 is 5.97 Å². The molecule has 0 radical (unpaired) electrons. The van der Waals surface area contributed by atoms with Gasteiger partial charge in [0.05, 0.1) is 17.1 Å². The zero-order valence-electron chi connectivity index (χ0n) is 11.6. The first-order chi connectivity index (χ1) is 8.37. The van der Waals surface area contributed by atoms with Gasteiger partial charge in [-0.2, -0.15) is 0 Å². The van der Waals surface area contributed by atoms with Gasteiger partial charge in [-0.3, -0.25) is 4.79 Å². The predicted octanol–water partition coefficient (Wildman–Crippen LogP) is 2.32. The Balaban J connectivity index is 2.07. The highest BCUT2D eigenvalue weighted by Gasteiger charge is 2.15. The summed E-state index contributed by atoms with van der Waals surface area (Å²) in [5.74, 6) is -0.153. The molecule has 0 spiro atoms. The lowest BCUT2D eigenvalue weighted by molar-refractivity contribution is -0.154. The molecule has 1 aromatic rings. The lowest BCUT2D eigenvalue weighted by Crippen LogP contribution is -2.27. The Hall–Kier alpha value is -0.940. The van der Waals surface area contributed by atoms with Crippen molar-refractivity contribution < 1.29 is 9.53 Å². The average molecular weight is 270 g/mol. The first-order valence-electron chi connectivity index (χ1n) is 6.20. The van der Waals surface area contributed by atoms with Crippen LogP contribution >= 0.6 is 11.3 Å². The molecule has 1 rings (SSSR count). The maximum absolute atomic E-state index is 11.4. The van der Waals surface area contributed by atoms with Crippen molar-refractivity contribution in [3.05, 3.63) is 16.1 Å². The van der Waals surface area contributed by atoms with Crippen LogP contribution in [0.3, 0.4) is 0 Å². The second-order valence-electron chi connectivity index (χ2n) is 5.19. The number of carbonyl (C=O) groups excluding carboxylic acids is 1. The second kappa shape index (κ2) is 6.85. The Morgan fingerprint density at radius 2 is 2.17 bits per heavy atom. The molecule has 5 heteroatoms. The first kappa shape index (κ1) is 15.1. The Morgan fingerprint density at radius 3 is 2.72 bits per heavy atom. The van der Waals surface area contributed by atoms with Gasteiger partial charge in [-0.05, 0) is 27.7 Å². The fourth-order valence-corrected chi connectivity index (χ4v) is 2.09. The number of rotatable bonds is 6. The maximum Gasteiger partial charge on any atom is 0.307 e. The van der Waals surface area contributed by atoms with E-state index in [9.17, 15) is 4.79 Å². The highest BCUT2D eigenvalue weighted by molar-refractivity contribution is 7.09. The number of carbonyl (C=O) groups is 1. The van der Waals surface area contributed by atoms with Crippen molar-refractivity contribution in [3.63, 3.8) is 0 Å².